The predicted octanol–water partition coefficient (Wildman–Crippen LogP) is 4.69. The standard InChI is InChI=1S/C24H24O5S/c1-16-4-10-22(11-5-16)30(25,26)28-15-21-14-19-12-17(2)13-23(24(19)29-21)18-6-8-20(27-3)9-7-18/h4-13,21H,14-15H2,1-3H3. The summed E-state index contributed by atoms with van der Waals surface area (Å²) in [6.07, 6.45) is 0.239. The molecule has 0 aliphatic carbocycles. The van der Waals surface area contributed by atoms with E-state index in [-0.39, 0.29) is 17.6 Å². The highest BCUT2D eigenvalue weighted by Crippen LogP contribution is 2.40. The summed E-state index contributed by atoms with van der Waals surface area (Å²) in [4.78, 5) is 0.151. The Morgan fingerprint density at radius 1 is 0.967 bits per heavy atom. The molecule has 30 heavy (non-hydrogen) atoms. The number of rotatable bonds is 6. The third kappa shape index (κ3) is 4.20. The first kappa shape index (κ1) is 20.4. The number of fused-ring (bicyclic) bond motifs is 1. The third-order valence-electron chi connectivity index (χ3n) is 5.16. The van der Waals surface area contributed by atoms with Gasteiger partial charge >= 0.3 is 0 Å². The van der Waals surface area contributed by atoms with Crippen LogP contribution in [0.25, 0.3) is 11.1 Å². The van der Waals surface area contributed by atoms with Crippen LogP contribution >= 0.6 is 0 Å². The van der Waals surface area contributed by atoms with Gasteiger partial charge in [-0.15, -0.1) is 0 Å². The molecule has 0 saturated carbocycles. The molecule has 0 N–H and O–H groups in total. The van der Waals surface area contributed by atoms with Crippen molar-refractivity contribution in [3.8, 4) is 22.6 Å². The first-order valence-electron chi connectivity index (χ1n) is 9.76. The second kappa shape index (κ2) is 8.13. The lowest BCUT2D eigenvalue weighted by molar-refractivity contribution is 0.152. The molecule has 0 amide bonds. The van der Waals surface area contributed by atoms with Crippen LogP contribution in [0.3, 0.4) is 0 Å². The molecule has 5 nitrogen and oxygen atoms in total. The highest BCUT2D eigenvalue weighted by Gasteiger charge is 2.28. The van der Waals surface area contributed by atoms with Crippen LogP contribution in [0.15, 0.2) is 65.6 Å². The van der Waals surface area contributed by atoms with Gasteiger partial charge in [0.2, 0.25) is 0 Å². The molecule has 0 saturated heterocycles. The van der Waals surface area contributed by atoms with E-state index in [4.69, 9.17) is 13.7 Å². The number of hydrogen-bond donors (Lipinski definition) is 0. The Balaban J connectivity index is 1.52. The van der Waals surface area contributed by atoms with Crippen molar-refractivity contribution in [2.45, 2.75) is 31.3 Å². The summed E-state index contributed by atoms with van der Waals surface area (Å²) in [5.74, 6) is 1.57. The first-order valence-corrected chi connectivity index (χ1v) is 11.2. The lowest BCUT2D eigenvalue weighted by Gasteiger charge is -2.14. The molecule has 0 bridgehead atoms. The van der Waals surface area contributed by atoms with Crippen LogP contribution in [0.1, 0.15) is 16.7 Å². The van der Waals surface area contributed by atoms with Crippen molar-refractivity contribution in [2.75, 3.05) is 13.7 Å². The monoisotopic (exact) mass is 424 g/mol. The fourth-order valence-corrected chi connectivity index (χ4v) is 4.55. The second-order valence-electron chi connectivity index (χ2n) is 7.52. The van der Waals surface area contributed by atoms with Gasteiger partial charge in [-0.25, -0.2) is 0 Å². The Labute approximate surface area is 177 Å². The zero-order chi connectivity index (χ0) is 21.3. The summed E-state index contributed by atoms with van der Waals surface area (Å²) in [7, 11) is -2.19. The number of aryl methyl sites for hydroxylation is 2. The summed E-state index contributed by atoms with van der Waals surface area (Å²) in [6.45, 7) is 3.91. The molecule has 3 aromatic carbocycles. The maximum absolute atomic E-state index is 12.5. The number of ether oxygens (including phenoxy) is 2. The number of benzene rings is 3. The maximum Gasteiger partial charge on any atom is 0.297 e. The molecule has 3 aromatic rings. The van der Waals surface area contributed by atoms with Crippen LogP contribution in [0.5, 0.6) is 11.5 Å². The van der Waals surface area contributed by atoms with Gasteiger partial charge in [-0.1, -0.05) is 35.9 Å². The van der Waals surface area contributed by atoms with Crippen LogP contribution in [0.4, 0.5) is 0 Å². The van der Waals surface area contributed by atoms with Crippen molar-refractivity contribution in [2.24, 2.45) is 0 Å². The van der Waals surface area contributed by atoms with Crippen LogP contribution in [-0.2, 0) is 20.7 Å². The Hall–Kier alpha value is -2.83. The third-order valence-corrected chi connectivity index (χ3v) is 6.46. The summed E-state index contributed by atoms with van der Waals surface area (Å²) in [5.41, 5.74) is 5.17. The molecule has 0 spiro atoms. The minimum Gasteiger partial charge on any atom is -0.497 e. The topological polar surface area (TPSA) is 61.8 Å². The van der Waals surface area contributed by atoms with Gasteiger partial charge in [-0.05, 0) is 60.9 Å². The van der Waals surface area contributed by atoms with Crippen LogP contribution in [0, 0.1) is 13.8 Å². The normalized spacial score (nSPS) is 15.5. The van der Waals surface area contributed by atoms with E-state index in [9.17, 15) is 8.42 Å². The van der Waals surface area contributed by atoms with Gasteiger partial charge in [0.05, 0.1) is 12.0 Å². The van der Waals surface area contributed by atoms with Gasteiger partial charge in [0.25, 0.3) is 10.1 Å². The first-order chi connectivity index (χ1) is 14.4. The molecule has 1 unspecified atom stereocenters. The molecular weight excluding hydrogens is 400 g/mol. The SMILES string of the molecule is COc1ccc(-c2cc(C)cc3c2OC(COS(=O)(=O)c2ccc(C)cc2)C3)cc1. The highest BCUT2D eigenvalue weighted by atomic mass is 32.2. The molecular formula is C24H24O5S. The summed E-state index contributed by atoms with van der Waals surface area (Å²) >= 11 is 0. The minimum atomic E-state index is -3.82. The highest BCUT2D eigenvalue weighted by molar-refractivity contribution is 7.86. The van der Waals surface area contributed by atoms with Crippen LogP contribution in [-0.4, -0.2) is 28.2 Å². The van der Waals surface area contributed by atoms with E-state index in [0.29, 0.717) is 6.42 Å². The van der Waals surface area contributed by atoms with Crippen LogP contribution in [0.2, 0.25) is 0 Å². The fourth-order valence-electron chi connectivity index (χ4n) is 3.61. The maximum atomic E-state index is 12.5. The molecule has 156 valence electrons. The van der Waals surface area contributed by atoms with Gasteiger partial charge in [0.15, 0.2) is 0 Å². The smallest absolute Gasteiger partial charge is 0.297 e. The average Bonchev–Trinajstić information content (AvgIpc) is 3.15. The summed E-state index contributed by atoms with van der Waals surface area (Å²) in [5, 5.41) is 0. The predicted molar refractivity (Wildman–Crippen MR) is 116 cm³/mol. The molecule has 0 radical (unpaired) electrons. The van der Waals surface area contributed by atoms with Gasteiger partial charge in [-0.2, -0.15) is 8.42 Å². The van der Waals surface area contributed by atoms with Crippen molar-refractivity contribution in [3.05, 3.63) is 77.4 Å². The van der Waals surface area contributed by atoms with Crippen molar-refractivity contribution >= 4 is 10.1 Å². The van der Waals surface area contributed by atoms with Crippen molar-refractivity contribution in [3.63, 3.8) is 0 Å². The summed E-state index contributed by atoms with van der Waals surface area (Å²) < 4.78 is 41.7. The molecule has 6 heteroatoms. The lowest BCUT2D eigenvalue weighted by atomic mass is 9.98. The van der Waals surface area contributed by atoms with E-state index in [2.05, 4.69) is 12.1 Å². The average molecular weight is 425 g/mol. The Bertz CT molecular complexity index is 1150. The van der Waals surface area contributed by atoms with Crippen molar-refractivity contribution < 1.29 is 22.1 Å². The fraction of sp³-hybridized carbons (Fsp3) is 0.250. The Morgan fingerprint density at radius 3 is 2.33 bits per heavy atom. The van der Waals surface area contributed by atoms with E-state index < -0.39 is 10.1 Å². The van der Waals surface area contributed by atoms with Gasteiger partial charge in [0, 0.05) is 12.0 Å². The van der Waals surface area contributed by atoms with Gasteiger partial charge < -0.3 is 9.47 Å². The molecule has 1 aliphatic heterocycles. The van der Waals surface area contributed by atoms with E-state index in [0.717, 1.165) is 39.3 Å². The second-order valence-corrected chi connectivity index (χ2v) is 9.14. The Morgan fingerprint density at radius 2 is 1.67 bits per heavy atom. The number of hydrogen-bond acceptors (Lipinski definition) is 5. The van der Waals surface area contributed by atoms with E-state index in [1.54, 1.807) is 31.4 Å². The molecule has 1 atom stereocenters. The van der Waals surface area contributed by atoms with Crippen molar-refractivity contribution in [1.82, 2.24) is 0 Å². The van der Waals surface area contributed by atoms with E-state index in [1.807, 2.05) is 38.1 Å². The van der Waals surface area contributed by atoms with Crippen LogP contribution < -0.4 is 9.47 Å². The van der Waals surface area contributed by atoms with Gasteiger partial charge in [-0.3, -0.25) is 4.18 Å². The molecule has 4 rings (SSSR count). The molecule has 0 fully saturated rings. The zero-order valence-electron chi connectivity index (χ0n) is 17.2. The Kier molecular flexibility index (Phi) is 5.54. The van der Waals surface area contributed by atoms with Gasteiger partial charge in [0.1, 0.15) is 24.2 Å². The van der Waals surface area contributed by atoms with E-state index in [1.165, 1.54) is 0 Å². The quantitative estimate of drug-likeness (QED) is 0.538. The largest absolute Gasteiger partial charge is 0.497 e. The summed E-state index contributed by atoms with van der Waals surface area (Å²) in [6, 6.07) is 18.6. The van der Waals surface area contributed by atoms with Crippen molar-refractivity contribution in [1.29, 1.82) is 0 Å². The van der Waals surface area contributed by atoms with E-state index >= 15 is 0 Å². The zero-order valence-corrected chi connectivity index (χ0v) is 18.0. The molecule has 1 heterocycles. The molecule has 0 aromatic heterocycles. The lowest BCUT2D eigenvalue weighted by Crippen LogP contribution is -2.23. The number of methoxy groups -OCH3 is 1. The minimum absolute atomic E-state index is 0.0357. The molecule has 1 aliphatic rings.